The fourth-order valence-corrected chi connectivity index (χ4v) is 2.25. The summed E-state index contributed by atoms with van der Waals surface area (Å²) >= 11 is 0. The zero-order valence-corrected chi connectivity index (χ0v) is 11.0. The van der Waals surface area contributed by atoms with Gasteiger partial charge in [0.1, 0.15) is 6.54 Å². The molecule has 18 heavy (non-hydrogen) atoms. The van der Waals surface area contributed by atoms with Gasteiger partial charge in [0.05, 0.1) is 18.6 Å². The molecule has 0 aromatic rings. The third-order valence-electron chi connectivity index (χ3n) is 3.36. The Labute approximate surface area is 107 Å². The predicted molar refractivity (Wildman–Crippen MR) is 64.3 cm³/mol. The van der Waals surface area contributed by atoms with Crippen LogP contribution in [0.4, 0.5) is 0 Å². The number of carboxylic acids is 1. The lowest BCUT2D eigenvalue weighted by Crippen LogP contribution is -2.52. The first-order valence-electron chi connectivity index (χ1n) is 6.05. The van der Waals surface area contributed by atoms with Gasteiger partial charge in [-0.1, -0.05) is 6.42 Å². The fourth-order valence-electron chi connectivity index (χ4n) is 2.25. The lowest BCUT2D eigenvalue weighted by atomic mass is 9.68. The van der Waals surface area contributed by atoms with Crippen molar-refractivity contribution in [3.05, 3.63) is 0 Å². The van der Waals surface area contributed by atoms with Gasteiger partial charge in [-0.25, -0.2) is 0 Å². The van der Waals surface area contributed by atoms with E-state index in [-0.39, 0.29) is 12.5 Å². The molecule has 0 atom stereocenters. The molecule has 0 radical (unpaired) electrons. The second-order valence-electron chi connectivity index (χ2n) is 4.68. The first-order chi connectivity index (χ1) is 8.55. The van der Waals surface area contributed by atoms with Crippen molar-refractivity contribution in [2.24, 2.45) is 5.41 Å². The molecule has 104 valence electrons. The normalized spacial score (nSPS) is 17.0. The molecule has 1 aliphatic carbocycles. The van der Waals surface area contributed by atoms with Crippen molar-refractivity contribution in [3.63, 3.8) is 0 Å². The SMILES string of the molecule is COCCN(CC(=O)O)C(=O)C1(COC)CCC1. The summed E-state index contributed by atoms with van der Waals surface area (Å²) in [7, 11) is 3.09. The molecular weight excluding hydrogens is 238 g/mol. The molecule has 0 aromatic heterocycles. The maximum absolute atomic E-state index is 12.4. The molecule has 6 nitrogen and oxygen atoms in total. The van der Waals surface area contributed by atoms with Crippen LogP contribution in [-0.4, -0.2) is 62.4 Å². The maximum atomic E-state index is 12.4. The molecule has 1 fully saturated rings. The van der Waals surface area contributed by atoms with E-state index in [1.165, 1.54) is 12.0 Å². The highest BCUT2D eigenvalue weighted by Crippen LogP contribution is 2.42. The molecule has 0 aromatic carbocycles. The first kappa shape index (κ1) is 14.9. The van der Waals surface area contributed by atoms with Crippen LogP contribution in [-0.2, 0) is 19.1 Å². The Hall–Kier alpha value is -1.14. The number of carboxylic acid groups (broad SMARTS) is 1. The molecule has 6 heteroatoms. The summed E-state index contributed by atoms with van der Waals surface area (Å²) in [4.78, 5) is 24.6. The van der Waals surface area contributed by atoms with Gasteiger partial charge in [-0.05, 0) is 12.8 Å². The van der Waals surface area contributed by atoms with Crippen LogP contribution in [0.15, 0.2) is 0 Å². The van der Waals surface area contributed by atoms with Crippen molar-refractivity contribution in [3.8, 4) is 0 Å². The van der Waals surface area contributed by atoms with Crippen LogP contribution >= 0.6 is 0 Å². The fraction of sp³-hybridized carbons (Fsp3) is 0.833. The number of hydrogen-bond donors (Lipinski definition) is 1. The highest BCUT2D eigenvalue weighted by atomic mass is 16.5. The van der Waals surface area contributed by atoms with Crippen LogP contribution < -0.4 is 0 Å². The maximum Gasteiger partial charge on any atom is 0.323 e. The van der Waals surface area contributed by atoms with Gasteiger partial charge >= 0.3 is 5.97 Å². The molecule has 0 aliphatic heterocycles. The quantitative estimate of drug-likeness (QED) is 0.681. The minimum Gasteiger partial charge on any atom is -0.480 e. The topological polar surface area (TPSA) is 76.1 Å². The molecule has 0 bridgehead atoms. The van der Waals surface area contributed by atoms with Crippen LogP contribution in [0, 0.1) is 5.41 Å². The van der Waals surface area contributed by atoms with E-state index in [0.717, 1.165) is 19.3 Å². The van der Waals surface area contributed by atoms with Crippen molar-refractivity contribution in [1.82, 2.24) is 4.90 Å². The van der Waals surface area contributed by atoms with E-state index < -0.39 is 11.4 Å². The van der Waals surface area contributed by atoms with Gasteiger partial charge in [0, 0.05) is 20.8 Å². The summed E-state index contributed by atoms with van der Waals surface area (Å²) in [6.07, 6.45) is 2.52. The Balaban J connectivity index is 2.69. The Kier molecular flexibility index (Phi) is 5.55. The first-order valence-corrected chi connectivity index (χ1v) is 6.05. The van der Waals surface area contributed by atoms with Crippen LogP contribution in [0.25, 0.3) is 0 Å². The number of rotatable bonds is 8. The molecule has 1 aliphatic rings. The van der Waals surface area contributed by atoms with E-state index in [1.54, 1.807) is 7.11 Å². The van der Waals surface area contributed by atoms with Gasteiger partial charge in [0.15, 0.2) is 0 Å². The second kappa shape index (κ2) is 6.70. The van der Waals surface area contributed by atoms with Crippen molar-refractivity contribution >= 4 is 11.9 Å². The molecule has 1 amide bonds. The summed E-state index contributed by atoms with van der Waals surface area (Å²) in [5, 5.41) is 8.85. The van der Waals surface area contributed by atoms with Crippen molar-refractivity contribution in [2.75, 3.05) is 40.5 Å². The molecule has 0 saturated heterocycles. The number of ether oxygens (including phenoxy) is 2. The summed E-state index contributed by atoms with van der Waals surface area (Å²) in [6.45, 7) is 0.706. The third kappa shape index (κ3) is 3.43. The highest BCUT2D eigenvalue weighted by Gasteiger charge is 2.46. The number of carbonyl (C=O) groups excluding carboxylic acids is 1. The van der Waals surface area contributed by atoms with Crippen molar-refractivity contribution < 1.29 is 24.2 Å². The van der Waals surface area contributed by atoms with E-state index >= 15 is 0 Å². The minimum atomic E-state index is -1.01. The zero-order chi connectivity index (χ0) is 13.6. The molecule has 0 heterocycles. The summed E-state index contributed by atoms with van der Waals surface area (Å²) < 4.78 is 10.0. The van der Waals surface area contributed by atoms with E-state index in [9.17, 15) is 9.59 Å². The number of hydrogen-bond acceptors (Lipinski definition) is 4. The lowest BCUT2D eigenvalue weighted by molar-refractivity contribution is -0.157. The number of nitrogens with zero attached hydrogens (tertiary/aromatic N) is 1. The van der Waals surface area contributed by atoms with Crippen LogP contribution in [0.1, 0.15) is 19.3 Å². The zero-order valence-electron chi connectivity index (χ0n) is 11.0. The van der Waals surface area contributed by atoms with Crippen LogP contribution in [0.2, 0.25) is 0 Å². The van der Waals surface area contributed by atoms with Crippen molar-refractivity contribution in [1.29, 1.82) is 0 Å². The van der Waals surface area contributed by atoms with Gasteiger partial charge in [-0.3, -0.25) is 9.59 Å². The van der Waals surface area contributed by atoms with E-state index in [0.29, 0.717) is 19.8 Å². The minimum absolute atomic E-state index is 0.130. The van der Waals surface area contributed by atoms with Gasteiger partial charge in [0.25, 0.3) is 0 Å². The predicted octanol–water partition coefficient (Wildman–Crippen LogP) is 0.363. The molecule has 0 spiro atoms. The third-order valence-corrected chi connectivity index (χ3v) is 3.36. The summed E-state index contributed by atoms with van der Waals surface area (Å²) in [6, 6.07) is 0. The lowest BCUT2D eigenvalue weighted by Gasteiger charge is -2.42. The Morgan fingerprint density at radius 1 is 1.28 bits per heavy atom. The van der Waals surface area contributed by atoms with Gasteiger partial charge in [-0.2, -0.15) is 0 Å². The smallest absolute Gasteiger partial charge is 0.323 e. The number of amides is 1. The molecular formula is C12H21NO5. The standard InChI is InChI=1S/C12H21NO5/c1-17-7-6-13(8-10(14)15)11(16)12(9-18-2)4-3-5-12/h3-9H2,1-2H3,(H,14,15). The van der Waals surface area contributed by atoms with Crippen LogP contribution in [0.3, 0.4) is 0 Å². The van der Waals surface area contributed by atoms with Gasteiger partial charge < -0.3 is 19.5 Å². The molecule has 0 unspecified atom stereocenters. The number of carbonyl (C=O) groups is 2. The monoisotopic (exact) mass is 259 g/mol. The van der Waals surface area contributed by atoms with Gasteiger partial charge in [0.2, 0.25) is 5.91 Å². The van der Waals surface area contributed by atoms with E-state index in [1.807, 2.05) is 0 Å². The number of aliphatic carboxylic acids is 1. The second-order valence-corrected chi connectivity index (χ2v) is 4.68. The summed E-state index contributed by atoms with van der Waals surface area (Å²) in [5.41, 5.74) is -0.516. The Bertz CT molecular complexity index is 301. The van der Waals surface area contributed by atoms with Crippen molar-refractivity contribution in [2.45, 2.75) is 19.3 Å². The Morgan fingerprint density at radius 3 is 2.33 bits per heavy atom. The number of methoxy groups -OCH3 is 2. The van der Waals surface area contributed by atoms with Crippen LogP contribution in [0.5, 0.6) is 0 Å². The molecule has 1 N–H and O–H groups in total. The van der Waals surface area contributed by atoms with E-state index in [2.05, 4.69) is 0 Å². The molecule has 1 rings (SSSR count). The highest BCUT2D eigenvalue weighted by molar-refractivity contribution is 5.86. The average molecular weight is 259 g/mol. The van der Waals surface area contributed by atoms with E-state index in [4.69, 9.17) is 14.6 Å². The Morgan fingerprint density at radius 2 is 1.94 bits per heavy atom. The molecule has 1 saturated carbocycles. The van der Waals surface area contributed by atoms with Gasteiger partial charge in [-0.15, -0.1) is 0 Å². The largest absolute Gasteiger partial charge is 0.480 e. The summed E-state index contributed by atoms with van der Waals surface area (Å²) in [5.74, 6) is -1.14. The average Bonchev–Trinajstić information content (AvgIpc) is 2.28.